The van der Waals surface area contributed by atoms with Gasteiger partial charge in [0.05, 0.1) is 27.9 Å². The molecule has 1 aliphatic heterocycles. The number of fused-ring (bicyclic) bond motifs is 1. The Hall–Kier alpha value is -2.82. The molecule has 0 spiro atoms. The Morgan fingerprint density at radius 1 is 1.00 bits per heavy atom. The molecule has 0 aliphatic carbocycles. The van der Waals surface area contributed by atoms with Crippen molar-refractivity contribution in [2.75, 3.05) is 23.4 Å². The molecular formula is C25H18Cl3F3N2O4. The zero-order valence-electron chi connectivity index (χ0n) is 18.7. The average molecular weight is 574 g/mol. The van der Waals surface area contributed by atoms with Crippen molar-refractivity contribution in [1.82, 2.24) is 0 Å². The Bertz CT molecular complexity index is 1390. The minimum absolute atomic E-state index is 0.0279. The van der Waals surface area contributed by atoms with E-state index in [0.717, 1.165) is 23.1 Å². The third kappa shape index (κ3) is 5.02. The molecule has 4 rings (SSSR count). The van der Waals surface area contributed by atoms with Crippen molar-refractivity contribution in [3.05, 3.63) is 92.2 Å². The maximum atomic E-state index is 14.9. The van der Waals surface area contributed by atoms with Gasteiger partial charge in [0.15, 0.2) is 5.60 Å². The van der Waals surface area contributed by atoms with Crippen LogP contribution in [0.1, 0.15) is 32.7 Å². The van der Waals surface area contributed by atoms with Crippen molar-refractivity contribution in [2.24, 2.45) is 0 Å². The van der Waals surface area contributed by atoms with Crippen LogP contribution >= 0.6 is 34.8 Å². The summed E-state index contributed by atoms with van der Waals surface area (Å²) in [6.45, 7) is -1.74. The van der Waals surface area contributed by atoms with E-state index in [1.165, 1.54) is 36.4 Å². The minimum atomic E-state index is -3.76. The number of hydrogen-bond donors (Lipinski definition) is 3. The molecule has 0 unspecified atom stereocenters. The highest BCUT2D eigenvalue weighted by molar-refractivity contribution is 6.37. The van der Waals surface area contributed by atoms with E-state index >= 15 is 0 Å². The topological polar surface area (TPSA) is 89.9 Å². The highest BCUT2D eigenvalue weighted by Gasteiger charge is 2.56. The monoisotopic (exact) mass is 572 g/mol. The standard InChI is InChI=1S/C25H18Cl3F3N2O4/c26-14-3-6-21-17(9-14)24(37,12-34)25(30,31)7-8-33(21)23(36)13-1-4-15(5-2-13)32-22(35)16-10-20(29)19(28)11-18(16)27/h1-6,9-11,34,37H,7-8,12H2,(H,32,35)/t24-/m0/s1. The number of halogens is 6. The fourth-order valence-corrected chi connectivity index (χ4v) is 4.65. The van der Waals surface area contributed by atoms with Gasteiger partial charge in [-0.05, 0) is 54.6 Å². The van der Waals surface area contributed by atoms with Gasteiger partial charge >= 0.3 is 0 Å². The second-order valence-corrected chi connectivity index (χ2v) is 9.62. The number of anilines is 2. The molecule has 194 valence electrons. The lowest BCUT2D eigenvalue weighted by Crippen LogP contribution is -2.48. The number of benzene rings is 3. The van der Waals surface area contributed by atoms with Gasteiger partial charge in [-0.1, -0.05) is 34.8 Å². The third-order valence-electron chi connectivity index (χ3n) is 6.07. The third-order valence-corrected chi connectivity index (χ3v) is 6.91. The van der Waals surface area contributed by atoms with Crippen molar-refractivity contribution in [2.45, 2.75) is 17.9 Å². The number of hydrogen-bond acceptors (Lipinski definition) is 4. The number of amides is 2. The number of alkyl halides is 2. The lowest BCUT2D eigenvalue weighted by atomic mass is 9.86. The predicted octanol–water partition coefficient (Wildman–Crippen LogP) is 5.90. The van der Waals surface area contributed by atoms with Crippen molar-refractivity contribution in [3.63, 3.8) is 0 Å². The van der Waals surface area contributed by atoms with Gasteiger partial charge in [-0.15, -0.1) is 0 Å². The second kappa shape index (κ2) is 10.2. The molecule has 3 aromatic carbocycles. The highest BCUT2D eigenvalue weighted by Crippen LogP contribution is 2.47. The van der Waals surface area contributed by atoms with Crippen LogP contribution in [0.2, 0.25) is 15.1 Å². The Morgan fingerprint density at radius 3 is 2.32 bits per heavy atom. The SMILES string of the molecule is O=C(Nc1ccc(C(=O)N2CCC(F)(F)[C@](O)(CO)c3cc(Cl)ccc32)cc1)c1cc(F)c(Cl)cc1Cl. The van der Waals surface area contributed by atoms with Gasteiger partial charge in [0.25, 0.3) is 17.7 Å². The fraction of sp³-hybridized carbons (Fsp3) is 0.200. The zero-order chi connectivity index (χ0) is 27.1. The molecule has 12 heteroatoms. The lowest BCUT2D eigenvalue weighted by Gasteiger charge is -2.33. The van der Waals surface area contributed by atoms with Crippen molar-refractivity contribution in [1.29, 1.82) is 0 Å². The van der Waals surface area contributed by atoms with Gasteiger partial charge in [0, 0.05) is 34.8 Å². The Labute approximate surface area is 224 Å². The van der Waals surface area contributed by atoms with Gasteiger partial charge in [0.1, 0.15) is 5.82 Å². The lowest BCUT2D eigenvalue weighted by molar-refractivity contribution is -0.205. The molecule has 0 saturated heterocycles. The van der Waals surface area contributed by atoms with Gasteiger partial charge < -0.3 is 20.4 Å². The highest BCUT2D eigenvalue weighted by atomic mass is 35.5. The number of aliphatic hydroxyl groups is 2. The molecule has 3 N–H and O–H groups in total. The van der Waals surface area contributed by atoms with E-state index in [9.17, 15) is 33.0 Å². The number of nitrogens with zero attached hydrogens (tertiary/aromatic N) is 1. The van der Waals surface area contributed by atoms with Gasteiger partial charge in [-0.2, -0.15) is 0 Å². The quantitative estimate of drug-likeness (QED) is 0.339. The summed E-state index contributed by atoms with van der Waals surface area (Å²) in [5.74, 6) is -5.96. The maximum absolute atomic E-state index is 14.9. The summed E-state index contributed by atoms with van der Waals surface area (Å²) < 4.78 is 43.5. The van der Waals surface area contributed by atoms with Gasteiger partial charge in [-0.3, -0.25) is 9.59 Å². The first kappa shape index (κ1) is 27.2. The molecule has 6 nitrogen and oxygen atoms in total. The van der Waals surface area contributed by atoms with Crippen LogP contribution in [0.15, 0.2) is 54.6 Å². The first-order chi connectivity index (χ1) is 17.4. The zero-order valence-corrected chi connectivity index (χ0v) is 21.0. The van der Waals surface area contributed by atoms with Crippen molar-refractivity contribution >= 4 is 58.0 Å². The Morgan fingerprint density at radius 2 is 1.68 bits per heavy atom. The van der Waals surface area contributed by atoms with Gasteiger partial charge in [0.2, 0.25) is 0 Å². The summed E-state index contributed by atoms with van der Waals surface area (Å²) in [4.78, 5) is 26.9. The van der Waals surface area contributed by atoms with Crippen molar-refractivity contribution < 1.29 is 33.0 Å². The largest absolute Gasteiger partial charge is 0.393 e. The maximum Gasteiger partial charge on any atom is 0.284 e. The number of carbonyl (C=O) groups excluding carboxylic acids is 2. The van der Waals surface area contributed by atoms with Gasteiger partial charge in [-0.25, -0.2) is 13.2 Å². The first-order valence-corrected chi connectivity index (χ1v) is 11.9. The van der Waals surface area contributed by atoms with E-state index < -0.39 is 48.7 Å². The van der Waals surface area contributed by atoms with E-state index in [-0.39, 0.29) is 43.1 Å². The molecule has 1 heterocycles. The summed E-state index contributed by atoms with van der Waals surface area (Å²) in [5, 5.41) is 22.7. The van der Waals surface area contributed by atoms with Crippen LogP contribution in [0.5, 0.6) is 0 Å². The molecule has 0 radical (unpaired) electrons. The molecule has 0 fully saturated rings. The van der Waals surface area contributed by atoms with E-state index in [0.29, 0.717) is 0 Å². The average Bonchev–Trinajstić information content (AvgIpc) is 2.94. The van der Waals surface area contributed by atoms with Crippen molar-refractivity contribution in [3.8, 4) is 0 Å². The molecular weight excluding hydrogens is 556 g/mol. The van der Waals surface area contributed by atoms with Crippen LogP contribution in [0.3, 0.4) is 0 Å². The number of aliphatic hydroxyl groups excluding tert-OH is 1. The van der Waals surface area contributed by atoms with E-state index in [2.05, 4.69) is 5.32 Å². The number of nitrogens with one attached hydrogen (secondary N) is 1. The Kier molecular flexibility index (Phi) is 7.47. The predicted molar refractivity (Wildman–Crippen MR) is 134 cm³/mol. The number of carbonyl (C=O) groups is 2. The first-order valence-electron chi connectivity index (χ1n) is 10.8. The molecule has 1 aliphatic rings. The van der Waals surface area contributed by atoms with E-state index in [1.54, 1.807) is 0 Å². The summed E-state index contributed by atoms with van der Waals surface area (Å²) >= 11 is 17.6. The molecule has 37 heavy (non-hydrogen) atoms. The van der Waals surface area contributed by atoms with E-state index in [4.69, 9.17) is 34.8 Å². The summed E-state index contributed by atoms with van der Waals surface area (Å²) in [6, 6.07) is 11.3. The number of rotatable bonds is 4. The fourth-order valence-electron chi connectivity index (χ4n) is 4.01. The molecule has 0 aromatic heterocycles. The summed E-state index contributed by atoms with van der Waals surface area (Å²) in [6.07, 6.45) is -0.922. The van der Waals surface area contributed by atoms with Crippen LogP contribution in [0.4, 0.5) is 24.5 Å². The smallest absolute Gasteiger partial charge is 0.284 e. The van der Waals surface area contributed by atoms with Crippen LogP contribution in [-0.2, 0) is 5.60 Å². The molecule has 0 bridgehead atoms. The minimum Gasteiger partial charge on any atom is -0.393 e. The van der Waals surface area contributed by atoms with Crippen LogP contribution < -0.4 is 10.2 Å². The molecule has 0 saturated carbocycles. The van der Waals surface area contributed by atoms with Crippen LogP contribution in [0, 0.1) is 5.82 Å². The Balaban J connectivity index is 1.61. The normalized spacial score (nSPS) is 18.6. The molecule has 1 atom stereocenters. The second-order valence-electron chi connectivity index (χ2n) is 8.37. The van der Waals surface area contributed by atoms with Crippen LogP contribution in [0.25, 0.3) is 0 Å². The molecule has 2 amide bonds. The van der Waals surface area contributed by atoms with Crippen LogP contribution in [-0.4, -0.2) is 41.1 Å². The summed E-state index contributed by atoms with van der Waals surface area (Å²) in [5.41, 5.74) is -3.17. The summed E-state index contributed by atoms with van der Waals surface area (Å²) in [7, 11) is 0. The molecule has 3 aromatic rings. The van der Waals surface area contributed by atoms with E-state index in [1.807, 2.05) is 0 Å².